The summed E-state index contributed by atoms with van der Waals surface area (Å²) >= 11 is 1.43. The normalized spacial score (nSPS) is 14.1. The standard InChI is InChI=1S/C22H22FN3OS.C2HF3O2/c23-18-4-1-3-17(15-18)16-25-10-12-26(13-11-25)20-8-6-19(7-9-20)24-22(27)21-5-2-14-28-21;3-2(4,5)1(6)7/h1-9,14-15H,10-13,16H2,(H,24,27);(H,6,7). The van der Waals surface area contributed by atoms with Gasteiger partial charge in [-0.3, -0.25) is 9.69 Å². The van der Waals surface area contributed by atoms with Crippen molar-refractivity contribution < 1.29 is 32.3 Å². The highest BCUT2D eigenvalue weighted by molar-refractivity contribution is 7.12. The molecule has 1 saturated heterocycles. The van der Waals surface area contributed by atoms with Crippen LogP contribution >= 0.6 is 11.3 Å². The summed E-state index contributed by atoms with van der Waals surface area (Å²) in [7, 11) is 0. The van der Waals surface area contributed by atoms with Crippen LogP contribution in [0.15, 0.2) is 66.0 Å². The van der Waals surface area contributed by atoms with Gasteiger partial charge in [-0.25, -0.2) is 9.18 Å². The highest BCUT2D eigenvalue weighted by atomic mass is 32.1. The molecule has 0 bridgehead atoms. The molecular formula is C24H23F4N3O3S. The molecule has 6 nitrogen and oxygen atoms in total. The number of carboxylic acids is 1. The summed E-state index contributed by atoms with van der Waals surface area (Å²) < 4.78 is 45.1. The zero-order valence-corrected chi connectivity index (χ0v) is 19.3. The maximum atomic E-state index is 13.3. The summed E-state index contributed by atoms with van der Waals surface area (Å²) in [5.41, 5.74) is 2.96. The second kappa shape index (κ2) is 11.8. The van der Waals surface area contributed by atoms with Gasteiger partial charge in [0.25, 0.3) is 5.91 Å². The third-order valence-corrected chi connectivity index (χ3v) is 6.01. The van der Waals surface area contributed by atoms with Crippen LogP contribution in [0.2, 0.25) is 0 Å². The first-order valence-electron chi connectivity index (χ1n) is 10.6. The van der Waals surface area contributed by atoms with Crippen molar-refractivity contribution in [3.63, 3.8) is 0 Å². The van der Waals surface area contributed by atoms with E-state index in [0.29, 0.717) is 4.88 Å². The number of aliphatic carboxylic acids is 1. The van der Waals surface area contributed by atoms with Gasteiger partial charge in [-0.1, -0.05) is 18.2 Å². The van der Waals surface area contributed by atoms with Crippen LogP contribution in [0, 0.1) is 5.82 Å². The summed E-state index contributed by atoms with van der Waals surface area (Å²) in [6, 6.07) is 18.5. The molecule has 2 aromatic carbocycles. The van der Waals surface area contributed by atoms with Gasteiger partial charge in [0, 0.05) is 44.1 Å². The Morgan fingerprint density at radius 1 is 0.971 bits per heavy atom. The van der Waals surface area contributed by atoms with Gasteiger partial charge >= 0.3 is 12.1 Å². The molecule has 2 N–H and O–H groups in total. The number of anilines is 2. The minimum atomic E-state index is -5.08. The number of carbonyl (C=O) groups is 2. The molecule has 1 aromatic heterocycles. The number of hydrogen-bond donors (Lipinski definition) is 2. The van der Waals surface area contributed by atoms with E-state index in [2.05, 4.69) is 15.1 Å². The van der Waals surface area contributed by atoms with Crippen LogP contribution in [0.3, 0.4) is 0 Å². The topological polar surface area (TPSA) is 72.9 Å². The Bertz CT molecular complexity index is 1110. The summed E-state index contributed by atoms with van der Waals surface area (Å²) in [6.45, 7) is 4.51. The Balaban J connectivity index is 0.000000429. The highest BCUT2D eigenvalue weighted by Gasteiger charge is 2.38. The van der Waals surface area contributed by atoms with Gasteiger partial charge in [-0.2, -0.15) is 13.2 Å². The van der Waals surface area contributed by atoms with E-state index in [1.807, 2.05) is 47.8 Å². The molecule has 0 atom stereocenters. The van der Waals surface area contributed by atoms with Crippen molar-refractivity contribution in [3.05, 3.63) is 82.3 Å². The number of piperazine rings is 1. The number of hydrogen-bond acceptors (Lipinski definition) is 5. The van der Waals surface area contributed by atoms with E-state index in [9.17, 15) is 22.4 Å². The second-order valence-electron chi connectivity index (χ2n) is 7.67. The Morgan fingerprint density at radius 3 is 2.17 bits per heavy atom. The minimum Gasteiger partial charge on any atom is -0.475 e. The lowest BCUT2D eigenvalue weighted by atomic mass is 10.2. The fourth-order valence-electron chi connectivity index (χ4n) is 3.41. The molecule has 1 aliphatic heterocycles. The molecule has 0 unspecified atom stereocenters. The Labute approximate surface area is 203 Å². The second-order valence-corrected chi connectivity index (χ2v) is 8.62. The lowest BCUT2D eigenvalue weighted by Gasteiger charge is -2.36. The molecule has 186 valence electrons. The molecule has 0 radical (unpaired) electrons. The van der Waals surface area contributed by atoms with Crippen LogP contribution in [-0.4, -0.2) is 54.2 Å². The van der Waals surface area contributed by atoms with Gasteiger partial charge < -0.3 is 15.3 Å². The average molecular weight is 510 g/mol. The molecule has 1 amide bonds. The zero-order valence-electron chi connectivity index (χ0n) is 18.5. The molecule has 1 aliphatic rings. The number of alkyl halides is 3. The third-order valence-electron chi connectivity index (χ3n) is 5.15. The fourth-order valence-corrected chi connectivity index (χ4v) is 4.03. The Hall–Kier alpha value is -3.44. The smallest absolute Gasteiger partial charge is 0.475 e. The number of nitrogens with zero attached hydrogens (tertiary/aromatic N) is 2. The molecule has 35 heavy (non-hydrogen) atoms. The number of nitrogens with one attached hydrogen (secondary N) is 1. The van der Waals surface area contributed by atoms with Crippen molar-refractivity contribution in [2.24, 2.45) is 0 Å². The van der Waals surface area contributed by atoms with Crippen LogP contribution < -0.4 is 10.2 Å². The molecule has 1 fully saturated rings. The summed E-state index contributed by atoms with van der Waals surface area (Å²) in [6.07, 6.45) is -5.08. The van der Waals surface area contributed by atoms with Crippen molar-refractivity contribution in [1.82, 2.24) is 4.90 Å². The number of thiophene rings is 1. The quantitative estimate of drug-likeness (QED) is 0.469. The van der Waals surface area contributed by atoms with E-state index >= 15 is 0 Å². The van der Waals surface area contributed by atoms with E-state index in [1.54, 1.807) is 12.1 Å². The monoisotopic (exact) mass is 509 g/mol. The number of amides is 1. The maximum absolute atomic E-state index is 13.3. The summed E-state index contributed by atoms with van der Waals surface area (Å²) in [5, 5.41) is 11.9. The van der Waals surface area contributed by atoms with Crippen molar-refractivity contribution in [2.75, 3.05) is 36.4 Å². The first-order valence-corrected chi connectivity index (χ1v) is 11.5. The predicted molar refractivity (Wildman–Crippen MR) is 126 cm³/mol. The number of halogens is 4. The molecule has 0 aliphatic carbocycles. The average Bonchev–Trinajstić information content (AvgIpc) is 3.35. The zero-order chi connectivity index (χ0) is 25.4. The predicted octanol–water partition coefficient (Wildman–Crippen LogP) is 5.10. The van der Waals surface area contributed by atoms with E-state index in [0.717, 1.165) is 49.7 Å². The molecule has 0 spiro atoms. The lowest BCUT2D eigenvalue weighted by Crippen LogP contribution is -2.45. The van der Waals surface area contributed by atoms with Crippen molar-refractivity contribution >= 4 is 34.6 Å². The molecule has 4 rings (SSSR count). The van der Waals surface area contributed by atoms with E-state index in [1.165, 1.54) is 17.4 Å². The number of carbonyl (C=O) groups excluding carboxylic acids is 1. The van der Waals surface area contributed by atoms with Gasteiger partial charge in [0.1, 0.15) is 5.82 Å². The van der Waals surface area contributed by atoms with E-state index < -0.39 is 12.1 Å². The van der Waals surface area contributed by atoms with Crippen LogP contribution in [0.1, 0.15) is 15.2 Å². The third kappa shape index (κ3) is 8.08. The van der Waals surface area contributed by atoms with Gasteiger partial charge in [0.2, 0.25) is 0 Å². The van der Waals surface area contributed by atoms with Crippen molar-refractivity contribution in [2.45, 2.75) is 12.7 Å². The number of rotatable bonds is 5. The first kappa shape index (κ1) is 26.2. The van der Waals surface area contributed by atoms with Crippen LogP contribution in [0.4, 0.5) is 28.9 Å². The van der Waals surface area contributed by atoms with Crippen molar-refractivity contribution in [1.29, 1.82) is 0 Å². The summed E-state index contributed by atoms with van der Waals surface area (Å²) in [4.78, 5) is 26.4. The fraction of sp³-hybridized carbons (Fsp3) is 0.250. The Morgan fingerprint density at radius 2 is 1.63 bits per heavy atom. The highest BCUT2D eigenvalue weighted by Crippen LogP contribution is 2.21. The van der Waals surface area contributed by atoms with Crippen LogP contribution in [0.5, 0.6) is 0 Å². The van der Waals surface area contributed by atoms with Gasteiger partial charge in [-0.15, -0.1) is 11.3 Å². The van der Waals surface area contributed by atoms with Gasteiger partial charge in [0.05, 0.1) is 4.88 Å². The molecule has 2 heterocycles. The molecule has 0 saturated carbocycles. The van der Waals surface area contributed by atoms with E-state index in [-0.39, 0.29) is 11.7 Å². The Kier molecular flexibility index (Phi) is 8.83. The molecule has 11 heteroatoms. The number of benzene rings is 2. The van der Waals surface area contributed by atoms with Gasteiger partial charge in [0.15, 0.2) is 0 Å². The van der Waals surface area contributed by atoms with Gasteiger partial charge in [-0.05, 0) is 53.4 Å². The maximum Gasteiger partial charge on any atom is 0.490 e. The largest absolute Gasteiger partial charge is 0.490 e. The van der Waals surface area contributed by atoms with E-state index in [4.69, 9.17) is 9.90 Å². The van der Waals surface area contributed by atoms with Crippen LogP contribution in [-0.2, 0) is 11.3 Å². The van der Waals surface area contributed by atoms with Crippen molar-refractivity contribution in [3.8, 4) is 0 Å². The lowest BCUT2D eigenvalue weighted by molar-refractivity contribution is -0.192. The van der Waals surface area contributed by atoms with Crippen LogP contribution in [0.25, 0.3) is 0 Å². The summed E-state index contributed by atoms with van der Waals surface area (Å²) in [5.74, 6) is -3.01. The molecular weight excluding hydrogens is 486 g/mol. The number of carboxylic acid groups (broad SMARTS) is 1. The first-order chi connectivity index (χ1) is 16.6. The minimum absolute atomic E-state index is 0.0753. The SMILES string of the molecule is O=C(Nc1ccc(N2CCN(Cc3cccc(F)c3)CC2)cc1)c1cccs1.O=C(O)C(F)(F)F. The molecule has 3 aromatic rings.